The highest BCUT2D eigenvalue weighted by Gasteiger charge is 2.20. The normalized spacial score (nSPS) is 11.3. The van der Waals surface area contributed by atoms with Crippen molar-refractivity contribution in [1.82, 2.24) is 4.72 Å². The highest BCUT2D eigenvalue weighted by molar-refractivity contribution is 7.89. The van der Waals surface area contributed by atoms with Gasteiger partial charge in [-0.05, 0) is 18.2 Å². The molecule has 0 heterocycles. The third-order valence-corrected chi connectivity index (χ3v) is 4.56. The van der Waals surface area contributed by atoms with Crippen LogP contribution in [0.1, 0.15) is 5.56 Å². The van der Waals surface area contributed by atoms with Gasteiger partial charge in [0, 0.05) is 24.2 Å². The SMILES string of the molecule is COc1ccc(CNS(=O)(=O)c2ccc(F)cc2F)c(OC)c1. The number of halogens is 2. The molecule has 0 saturated heterocycles. The standard InChI is InChI=1S/C15H15F2NO4S/c1-21-12-5-3-10(14(8-12)22-2)9-18-23(19,20)15-6-4-11(16)7-13(15)17/h3-8,18H,9H2,1-2H3. The average molecular weight is 343 g/mol. The van der Waals surface area contributed by atoms with Crippen molar-refractivity contribution in [1.29, 1.82) is 0 Å². The molecular formula is C15H15F2NO4S. The molecule has 2 aromatic carbocycles. The third kappa shape index (κ3) is 3.96. The molecule has 124 valence electrons. The lowest BCUT2D eigenvalue weighted by molar-refractivity contribution is 0.390. The van der Waals surface area contributed by atoms with Gasteiger partial charge in [-0.1, -0.05) is 6.07 Å². The van der Waals surface area contributed by atoms with Crippen LogP contribution in [0.4, 0.5) is 8.78 Å². The summed E-state index contributed by atoms with van der Waals surface area (Å²) in [6.45, 7) is -0.119. The summed E-state index contributed by atoms with van der Waals surface area (Å²) in [4.78, 5) is -0.619. The molecule has 0 aliphatic carbocycles. The maximum absolute atomic E-state index is 13.6. The van der Waals surface area contributed by atoms with E-state index in [4.69, 9.17) is 9.47 Å². The van der Waals surface area contributed by atoms with Crippen molar-refractivity contribution in [2.75, 3.05) is 14.2 Å². The number of nitrogens with one attached hydrogen (secondary N) is 1. The van der Waals surface area contributed by atoms with E-state index in [1.54, 1.807) is 18.2 Å². The number of sulfonamides is 1. The first-order valence-electron chi connectivity index (χ1n) is 6.53. The van der Waals surface area contributed by atoms with Gasteiger partial charge in [-0.2, -0.15) is 0 Å². The van der Waals surface area contributed by atoms with Crippen molar-refractivity contribution in [2.45, 2.75) is 11.4 Å². The van der Waals surface area contributed by atoms with E-state index in [9.17, 15) is 17.2 Å². The van der Waals surface area contributed by atoms with Gasteiger partial charge in [-0.25, -0.2) is 21.9 Å². The van der Waals surface area contributed by atoms with Crippen molar-refractivity contribution < 1.29 is 26.7 Å². The van der Waals surface area contributed by atoms with Crippen LogP contribution in [0.2, 0.25) is 0 Å². The summed E-state index contributed by atoms with van der Waals surface area (Å²) in [6, 6.07) is 7.14. The molecule has 0 unspecified atom stereocenters. The maximum Gasteiger partial charge on any atom is 0.243 e. The molecule has 0 aromatic heterocycles. The van der Waals surface area contributed by atoms with E-state index < -0.39 is 26.6 Å². The van der Waals surface area contributed by atoms with Crippen molar-refractivity contribution in [3.8, 4) is 11.5 Å². The van der Waals surface area contributed by atoms with E-state index in [2.05, 4.69) is 4.72 Å². The minimum Gasteiger partial charge on any atom is -0.497 e. The highest BCUT2D eigenvalue weighted by atomic mass is 32.2. The zero-order chi connectivity index (χ0) is 17.0. The lowest BCUT2D eigenvalue weighted by atomic mass is 10.2. The third-order valence-electron chi connectivity index (χ3n) is 3.13. The second kappa shape index (κ2) is 6.93. The Morgan fingerprint density at radius 2 is 1.78 bits per heavy atom. The number of ether oxygens (including phenoxy) is 2. The Bertz CT molecular complexity index is 809. The molecule has 23 heavy (non-hydrogen) atoms. The molecular weight excluding hydrogens is 328 g/mol. The molecule has 1 N–H and O–H groups in total. The zero-order valence-corrected chi connectivity index (χ0v) is 13.3. The molecule has 0 saturated carbocycles. The zero-order valence-electron chi connectivity index (χ0n) is 12.5. The first-order chi connectivity index (χ1) is 10.9. The highest BCUT2D eigenvalue weighted by Crippen LogP contribution is 2.25. The van der Waals surface area contributed by atoms with Crippen LogP contribution in [-0.4, -0.2) is 22.6 Å². The fourth-order valence-corrected chi connectivity index (χ4v) is 3.01. The topological polar surface area (TPSA) is 64.6 Å². The minimum absolute atomic E-state index is 0.119. The van der Waals surface area contributed by atoms with Gasteiger partial charge >= 0.3 is 0 Å². The van der Waals surface area contributed by atoms with Crippen LogP contribution in [0, 0.1) is 11.6 Å². The minimum atomic E-state index is -4.13. The molecule has 8 heteroatoms. The summed E-state index contributed by atoms with van der Waals surface area (Å²) in [5, 5.41) is 0. The van der Waals surface area contributed by atoms with Crippen molar-refractivity contribution in [3.05, 3.63) is 53.6 Å². The molecule has 0 amide bonds. The first-order valence-corrected chi connectivity index (χ1v) is 8.01. The Balaban J connectivity index is 2.22. The van der Waals surface area contributed by atoms with Crippen LogP contribution in [0.5, 0.6) is 11.5 Å². The van der Waals surface area contributed by atoms with E-state index in [-0.39, 0.29) is 6.54 Å². The lowest BCUT2D eigenvalue weighted by Gasteiger charge is -2.12. The number of rotatable bonds is 6. The van der Waals surface area contributed by atoms with Crippen molar-refractivity contribution in [3.63, 3.8) is 0 Å². The van der Waals surface area contributed by atoms with Gasteiger partial charge < -0.3 is 9.47 Å². The Hall–Kier alpha value is -2.19. The van der Waals surface area contributed by atoms with Crippen molar-refractivity contribution >= 4 is 10.0 Å². The predicted octanol–water partition coefficient (Wildman–Crippen LogP) is 2.46. The Morgan fingerprint density at radius 3 is 2.39 bits per heavy atom. The van der Waals surface area contributed by atoms with E-state index in [0.717, 1.165) is 12.1 Å². The van der Waals surface area contributed by atoms with E-state index in [0.29, 0.717) is 23.1 Å². The summed E-state index contributed by atoms with van der Waals surface area (Å²) in [5.41, 5.74) is 0.541. The van der Waals surface area contributed by atoms with Crippen LogP contribution in [0.15, 0.2) is 41.3 Å². The van der Waals surface area contributed by atoms with Crippen molar-refractivity contribution in [2.24, 2.45) is 0 Å². The summed E-state index contributed by atoms with van der Waals surface area (Å²) < 4.78 is 63.2. The maximum atomic E-state index is 13.6. The smallest absolute Gasteiger partial charge is 0.243 e. The van der Waals surface area contributed by atoms with Crippen LogP contribution in [0.25, 0.3) is 0 Å². The van der Waals surface area contributed by atoms with Crippen LogP contribution in [0.3, 0.4) is 0 Å². The number of methoxy groups -OCH3 is 2. The lowest BCUT2D eigenvalue weighted by Crippen LogP contribution is -2.24. The van der Waals surface area contributed by atoms with E-state index in [1.165, 1.54) is 14.2 Å². The summed E-state index contributed by atoms with van der Waals surface area (Å²) >= 11 is 0. The first kappa shape index (κ1) is 17.2. The molecule has 0 atom stereocenters. The fraction of sp³-hybridized carbons (Fsp3) is 0.200. The van der Waals surface area contributed by atoms with Crippen LogP contribution >= 0.6 is 0 Å². The summed E-state index contributed by atoms with van der Waals surface area (Å²) in [6.07, 6.45) is 0. The quantitative estimate of drug-likeness (QED) is 0.875. The molecule has 0 aliphatic heterocycles. The van der Waals surface area contributed by atoms with E-state index >= 15 is 0 Å². The van der Waals surface area contributed by atoms with Gasteiger partial charge in [0.15, 0.2) is 0 Å². The Morgan fingerprint density at radius 1 is 1.04 bits per heavy atom. The molecule has 5 nitrogen and oxygen atoms in total. The van der Waals surface area contributed by atoms with Crippen LogP contribution in [-0.2, 0) is 16.6 Å². The average Bonchev–Trinajstić information content (AvgIpc) is 2.52. The number of benzene rings is 2. The van der Waals surface area contributed by atoms with Crippen LogP contribution < -0.4 is 14.2 Å². The number of hydrogen-bond donors (Lipinski definition) is 1. The molecule has 0 spiro atoms. The molecule has 2 aromatic rings. The summed E-state index contributed by atoms with van der Waals surface area (Å²) in [7, 11) is -1.19. The van der Waals surface area contributed by atoms with Gasteiger partial charge in [-0.15, -0.1) is 0 Å². The molecule has 2 rings (SSSR count). The number of hydrogen-bond acceptors (Lipinski definition) is 4. The summed E-state index contributed by atoms with van der Waals surface area (Å²) in [5.74, 6) is -1.03. The largest absolute Gasteiger partial charge is 0.497 e. The Kier molecular flexibility index (Phi) is 5.17. The molecule has 0 aliphatic rings. The fourth-order valence-electron chi connectivity index (χ4n) is 1.94. The van der Waals surface area contributed by atoms with E-state index in [1.807, 2.05) is 0 Å². The second-order valence-electron chi connectivity index (χ2n) is 4.58. The molecule has 0 fully saturated rings. The van der Waals surface area contributed by atoms with Gasteiger partial charge in [0.1, 0.15) is 28.0 Å². The second-order valence-corrected chi connectivity index (χ2v) is 6.31. The molecule has 0 radical (unpaired) electrons. The van der Waals surface area contributed by atoms with Gasteiger partial charge in [0.2, 0.25) is 10.0 Å². The van der Waals surface area contributed by atoms with Gasteiger partial charge in [0.25, 0.3) is 0 Å². The Labute approximate surface area is 132 Å². The monoisotopic (exact) mass is 343 g/mol. The molecule has 0 bridgehead atoms. The predicted molar refractivity (Wildman–Crippen MR) is 79.9 cm³/mol. The van der Waals surface area contributed by atoms with Gasteiger partial charge in [0.05, 0.1) is 14.2 Å². The van der Waals surface area contributed by atoms with Gasteiger partial charge in [-0.3, -0.25) is 0 Å².